The first-order valence-electron chi connectivity index (χ1n) is 20.8. The van der Waals surface area contributed by atoms with E-state index in [1.54, 1.807) is 11.0 Å². The van der Waals surface area contributed by atoms with Crippen LogP contribution in [0.15, 0.2) is 43.0 Å². The smallest absolute Gasteiger partial charge is 0.306 e. The Balaban J connectivity index is 1.12. The molecule has 7 atom stereocenters. The fourth-order valence-corrected chi connectivity index (χ4v) is 11.5. The van der Waals surface area contributed by atoms with E-state index in [9.17, 15) is 27.6 Å². The Morgan fingerprint density at radius 2 is 1.69 bits per heavy atom. The number of carbonyl (C=O) groups is 4. The van der Waals surface area contributed by atoms with Crippen LogP contribution in [0.5, 0.6) is 5.75 Å². The third-order valence-electron chi connectivity index (χ3n) is 13.6. The minimum absolute atomic E-state index is 0.00430. The molecule has 5 fully saturated rings. The number of para-hydroxylation sites is 1. The van der Waals surface area contributed by atoms with Crippen molar-refractivity contribution in [1.82, 2.24) is 14.6 Å². The largest absolute Gasteiger partial charge is 0.487 e. The van der Waals surface area contributed by atoms with Crippen LogP contribution in [0.3, 0.4) is 0 Å². The Bertz CT molecular complexity index is 1940. The number of pyridine rings is 1. The molecule has 55 heavy (non-hydrogen) atoms. The van der Waals surface area contributed by atoms with Gasteiger partial charge in [-0.05, 0) is 101 Å². The van der Waals surface area contributed by atoms with Gasteiger partial charge in [0, 0.05) is 18.2 Å². The fraction of sp³-hybridized carbons (Fsp3) is 0.651. The third-order valence-corrected chi connectivity index (χ3v) is 15.4. The van der Waals surface area contributed by atoms with Gasteiger partial charge in [0.25, 0.3) is 0 Å². The molecule has 4 saturated carbocycles. The van der Waals surface area contributed by atoms with Crippen LogP contribution < -0.4 is 9.46 Å². The molecule has 8 rings (SSSR count). The molecule has 2 aliphatic heterocycles. The molecule has 12 heteroatoms. The van der Waals surface area contributed by atoms with Gasteiger partial charge in [0.2, 0.25) is 21.8 Å². The topological polar surface area (TPSA) is 149 Å². The summed E-state index contributed by atoms with van der Waals surface area (Å²) in [6.45, 7) is 4.01. The number of hydrogen-bond acceptors (Lipinski definition) is 9. The Kier molecular flexibility index (Phi) is 10.8. The highest BCUT2D eigenvalue weighted by Gasteiger charge is 2.61. The van der Waals surface area contributed by atoms with Crippen LogP contribution in [0.2, 0.25) is 0 Å². The zero-order chi connectivity index (χ0) is 38.3. The number of sulfonamides is 1. The Morgan fingerprint density at radius 3 is 2.45 bits per heavy atom. The number of nitrogens with zero attached hydrogens (tertiary/aromatic N) is 2. The van der Waals surface area contributed by atoms with E-state index >= 15 is 0 Å². The predicted molar refractivity (Wildman–Crippen MR) is 206 cm³/mol. The zero-order valence-corrected chi connectivity index (χ0v) is 32.6. The van der Waals surface area contributed by atoms with Gasteiger partial charge in [-0.3, -0.25) is 23.9 Å². The molecule has 296 valence electrons. The van der Waals surface area contributed by atoms with Crippen LogP contribution in [0.4, 0.5) is 0 Å². The van der Waals surface area contributed by atoms with Crippen molar-refractivity contribution >= 4 is 44.5 Å². The number of fused-ring (bicyclic) bond motifs is 5. The molecule has 0 spiro atoms. The number of aryl methyl sites for hydroxylation is 1. The lowest BCUT2D eigenvalue weighted by molar-refractivity contribution is -0.156. The first-order chi connectivity index (χ1) is 26.5. The highest BCUT2D eigenvalue weighted by Crippen LogP contribution is 2.57. The summed E-state index contributed by atoms with van der Waals surface area (Å²) in [5, 5.41) is 0.352. The van der Waals surface area contributed by atoms with Crippen molar-refractivity contribution < 1.29 is 37.1 Å². The zero-order valence-electron chi connectivity index (χ0n) is 31.8. The molecule has 6 aliphatic rings. The van der Waals surface area contributed by atoms with Gasteiger partial charge in [0.1, 0.15) is 18.0 Å². The molecule has 2 aromatic rings. The molecule has 0 unspecified atom stereocenters. The highest BCUT2D eigenvalue weighted by atomic mass is 32.2. The van der Waals surface area contributed by atoms with Gasteiger partial charge < -0.3 is 14.4 Å². The maximum atomic E-state index is 14.9. The number of aromatic nitrogens is 1. The molecule has 11 nitrogen and oxygen atoms in total. The molecular weight excluding hydrogens is 719 g/mol. The molecule has 0 radical (unpaired) electrons. The minimum Gasteiger partial charge on any atom is -0.487 e. The summed E-state index contributed by atoms with van der Waals surface area (Å²) in [4.78, 5) is 63.5. The summed E-state index contributed by atoms with van der Waals surface area (Å²) in [5.41, 5.74) is 0.484. The second-order valence-electron chi connectivity index (χ2n) is 17.3. The molecule has 2 bridgehead atoms. The third kappa shape index (κ3) is 8.07. The second kappa shape index (κ2) is 15.6. The van der Waals surface area contributed by atoms with Crippen LogP contribution in [-0.4, -0.2) is 71.9 Å². The molecular formula is C43H55N3O8S. The molecule has 3 heterocycles. The maximum absolute atomic E-state index is 14.9. The number of ketones is 1. The lowest BCUT2D eigenvalue weighted by Crippen LogP contribution is -2.47. The lowest BCUT2D eigenvalue weighted by atomic mass is 9.86. The van der Waals surface area contributed by atoms with E-state index in [4.69, 9.17) is 14.5 Å². The Morgan fingerprint density at radius 1 is 0.945 bits per heavy atom. The van der Waals surface area contributed by atoms with E-state index in [0.29, 0.717) is 30.9 Å². The van der Waals surface area contributed by atoms with Crippen molar-refractivity contribution in [1.29, 1.82) is 0 Å². The van der Waals surface area contributed by atoms with E-state index in [0.717, 1.165) is 93.6 Å². The molecule has 2 amide bonds. The maximum Gasteiger partial charge on any atom is 0.306 e. The summed E-state index contributed by atoms with van der Waals surface area (Å²) in [5.74, 6) is -1.63. The van der Waals surface area contributed by atoms with Crippen molar-refractivity contribution in [2.75, 3.05) is 6.54 Å². The summed E-state index contributed by atoms with van der Waals surface area (Å²) >= 11 is 0. The van der Waals surface area contributed by atoms with Crippen LogP contribution in [0, 0.1) is 29.1 Å². The average molecular weight is 774 g/mol. The highest BCUT2D eigenvalue weighted by molar-refractivity contribution is 7.90. The summed E-state index contributed by atoms with van der Waals surface area (Å²) in [6, 6.07) is 9.02. The average Bonchev–Trinajstić information content (AvgIpc) is 3.95. The van der Waals surface area contributed by atoms with E-state index < -0.39 is 44.7 Å². The number of ether oxygens (including phenoxy) is 2. The van der Waals surface area contributed by atoms with E-state index in [1.165, 1.54) is 0 Å². The number of hydrogen-bond donors (Lipinski definition) is 1. The molecule has 1 aromatic carbocycles. The van der Waals surface area contributed by atoms with Gasteiger partial charge in [-0.2, -0.15) is 0 Å². The van der Waals surface area contributed by atoms with E-state index in [2.05, 4.69) is 11.3 Å². The van der Waals surface area contributed by atoms with Gasteiger partial charge >= 0.3 is 5.97 Å². The SMILES string of the molecule is C=C[C@@H]1C[C@]1(CC(=O)[C@@H]1C[C@@H]2CN1C(=O)[C@H](C1CCCC1)CC(=O)O[C@H]1CCC[C@@H]1CCCCCc1nc3ccccc3cc1O2)C(=O)NS(=O)(=O)C1CC1. The van der Waals surface area contributed by atoms with Gasteiger partial charge in [-0.15, -0.1) is 6.58 Å². The summed E-state index contributed by atoms with van der Waals surface area (Å²) < 4.78 is 40.8. The molecule has 1 N–H and O–H groups in total. The van der Waals surface area contributed by atoms with Crippen LogP contribution in [0.1, 0.15) is 115 Å². The standard InChI is InChI=1S/C43H55N3O8S/c1-2-30-24-43(30,42(50)45-55(51,52)32-19-20-32)25-37(47)36-22-31-26-46(36)41(49)33(27-11-6-7-12-27)23-40(48)54-38-18-10-15-28(38)13-4-3-5-17-35-39(53-31)21-29-14-8-9-16-34(29)44-35/h2,8-9,14,16,21,27-28,30-33,36,38H,1,3-7,10-13,15,17-20,22-26H2,(H,45,50)/t28-,30+,31+,33-,36-,38-,43+/m0/s1. The Labute approximate surface area is 324 Å². The molecule has 4 aliphatic carbocycles. The second-order valence-corrected chi connectivity index (χ2v) is 19.3. The van der Waals surface area contributed by atoms with E-state index in [1.807, 2.05) is 30.3 Å². The first-order valence-corrected chi connectivity index (χ1v) is 22.4. The number of allylic oxidation sites excluding steroid dienone is 1. The first kappa shape index (κ1) is 38.1. The fourth-order valence-electron chi connectivity index (χ4n) is 10.1. The van der Waals surface area contributed by atoms with Crippen LogP contribution >= 0.6 is 0 Å². The molecule has 1 saturated heterocycles. The van der Waals surface area contributed by atoms with Crippen molar-refractivity contribution in [2.45, 2.75) is 139 Å². The lowest BCUT2D eigenvalue weighted by Gasteiger charge is -2.31. The number of esters is 1. The monoisotopic (exact) mass is 773 g/mol. The quantitative estimate of drug-likeness (QED) is 0.239. The van der Waals surface area contributed by atoms with Crippen molar-refractivity contribution in [3.63, 3.8) is 0 Å². The number of nitrogens with one attached hydrogen (secondary N) is 1. The predicted octanol–water partition coefficient (Wildman–Crippen LogP) is 6.37. The van der Waals surface area contributed by atoms with Gasteiger partial charge in [0.15, 0.2) is 5.78 Å². The number of benzene rings is 1. The van der Waals surface area contributed by atoms with E-state index in [-0.39, 0.29) is 61.4 Å². The van der Waals surface area contributed by atoms with Crippen LogP contribution in [-0.2, 0) is 40.4 Å². The van der Waals surface area contributed by atoms with Crippen LogP contribution in [0.25, 0.3) is 10.9 Å². The van der Waals surface area contributed by atoms with Crippen molar-refractivity contribution in [2.24, 2.45) is 29.1 Å². The minimum atomic E-state index is -3.83. The normalized spacial score (nSPS) is 32.1. The summed E-state index contributed by atoms with van der Waals surface area (Å²) in [7, 11) is -3.83. The molecule has 1 aromatic heterocycles. The number of Topliss-reactive ketones (excluding diaryl/α,β-unsaturated/α-hetero) is 1. The van der Waals surface area contributed by atoms with Gasteiger partial charge in [-0.1, -0.05) is 50.0 Å². The number of amides is 2. The number of rotatable bonds is 8. The van der Waals surface area contributed by atoms with Crippen molar-refractivity contribution in [3.05, 3.63) is 48.7 Å². The number of carbonyl (C=O) groups excluding carboxylic acids is 4. The van der Waals surface area contributed by atoms with Gasteiger partial charge in [0.05, 0.1) is 46.8 Å². The summed E-state index contributed by atoms with van der Waals surface area (Å²) in [6.07, 6.45) is 13.4. The Hall–Kier alpha value is -3.80. The van der Waals surface area contributed by atoms with Crippen molar-refractivity contribution in [3.8, 4) is 5.75 Å². The van der Waals surface area contributed by atoms with Gasteiger partial charge in [-0.25, -0.2) is 13.4 Å².